The Balaban J connectivity index is 2.81. The van der Waals surface area contributed by atoms with Crippen LogP contribution < -0.4 is 10.8 Å². The van der Waals surface area contributed by atoms with E-state index in [-0.39, 0.29) is 10.8 Å². The smallest absolute Gasteiger partial charge is 0.438 e. The van der Waals surface area contributed by atoms with Crippen LogP contribution in [-0.2, 0) is 19.6 Å². The van der Waals surface area contributed by atoms with Crippen molar-refractivity contribution in [2.24, 2.45) is 5.73 Å². The molecule has 11 heteroatoms. The highest BCUT2D eigenvalue weighted by molar-refractivity contribution is 7.85. The van der Waals surface area contributed by atoms with Crippen LogP contribution in [0.1, 0.15) is 0 Å². The van der Waals surface area contributed by atoms with Crippen molar-refractivity contribution in [3.63, 3.8) is 0 Å². The fourth-order valence-electron chi connectivity index (χ4n) is 1.17. The van der Waals surface area contributed by atoms with Crippen molar-refractivity contribution < 1.29 is 37.6 Å². The number of carbonyl (C=O) groups excluding carboxylic acids is 1. The third-order valence-electron chi connectivity index (χ3n) is 2.24. The number of amides is 1. The van der Waals surface area contributed by atoms with E-state index in [1.54, 1.807) is 0 Å². The van der Waals surface area contributed by atoms with E-state index in [1.165, 1.54) is 0 Å². The van der Waals surface area contributed by atoms with Gasteiger partial charge < -0.3 is 15.6 Å². The number of hydroxylamine groups is 1. The van der Waals surface area contributed by atoms with Gasteiger partial charge in [-0.05, 0) is 18.2 Å². The minimum atomic E-state index is -4.51. The molecule has 116 valence electrons. The molecule has 10 nitrogen and oxygen atoms in total. The lowest BCUT2D eigenvalue weighted by Crippen LogP contribution is -2.38. The normalized spacial score (nSPS) is 12.5. The van der Waals surface area contributed by atoms with Gasteiger partial charge in [0.1, 0.15) is 12.6 Å². The molecule has 0 spiro atoms. The molecule has 0 heterocycles. The van der Waals surface area contributed by atoms with E-state index in [4.69, 9.17) is 15.4 Å². The topological polar surface area (TPSA) is 167 Å². The van der Waals surface area contributed by atoms with Crippen molar-refractivity contribution in [3.8, 4) is 0 Å². The number of carbonyl (C=O) groups is 2. The summed E-state index contributed by atoms with van der Waals surface area (Å²) in [5.41, 5.74) is 4.79. The average molecular weight is 320 g/mol. The van der Waals surface area contributed by atoms with Crippen LogP contribution in [0.25, 0.3) is 0 Å². The molecule has 1 unspecified atom stereocenters. The number of nitrogens with two attached hydrogens (primary N) is 1. The second kappa shape index (κ2) is 6.49. The Labute approximate surface area is 119 Å². The van der Waals surface area contributed by atoms with Crippen molar-refractivity contribution in [2.75, 3.05) is 11.7 Å². The van der Waals surface area contributed by atoms with Gasteiger partial charge in [-0.25, -0.2) is 4.79 Å². The van der Waals surface area contributed by atoms with Gasteiger partial charge in [-0.1, -0.05) is 6.07 Å². The van der Waals surface area contributed by atoms with E-state index in [0.29, 0.717) is 0 Å². The van der Waals surface area contributed by atoms with Crippen LogP contribution in [0.3, 0.4) is 0 Å². The van der Waals surface area contributed by atoms with Gasteiger partial charge in [-0.2, -0.15) is 13.5 Å². The number of aliphatic carboxylic acids is 1. The molecule has 1 atom stereocenters. The van der Waals surface area contributed by atoms with Crippen molar-refractivity contribution in [1.29, 1.82) is 0 Å². The SMILES string of the molecule is NC(COC(=O)N(O)c1cccc(S(=O)(=O)O)c1)C(=O)O. The maximum Gasteiger partial charge on any atom is 0.438 e. The molecule has 0 saturated heterocycles. The number of benzene rings is 1. The predicted octanol–water partition coefficient (Wildman–Crippen LogP) is -0.323. The first-order valence-corrected chi connectivity index (χ1v) is 6.78. The van der Waals surface area contributed by atoms with Crippen molar-refractivity contribution in [1.82, 2.24) is 0 Å². The molecule has 5 N–H and O–H groups in total. The van der Waals surface area contributed by atoms with Gasteiger partial charge in [0.15, 0.2) is 0 Å². The van der Waals surface area contributed by atoms with Gasteiger partial charge in [-0.15, -0.1) is 0 Å². The minimum absolute atomic E-state index is 0.0523. The maximum absolute atomic E-state index is 11.4. The van der Waals surface area contributed by atoms with Gasteiger partial charge in [0.25, 0.3) is 10.1 Å². The molecule has 0 aliphatic heterocycles. The monoisotopic (exact) mass is 320 g/mol. The maximum atomic E-state index is 11.4. The van der Waals surface area contributed by atoms with E-state index in [1.807, 2.05) is 0 Å². The van der Waals surface area contributed by atoms with Crippen LogP contribution in [0, 0.1) is 0 Å². The molecule has 0 aliphatic rings. The molecule has 21 heavy (non-hydrogen) atoms. The van der Waals surface area contributed by atoms with E-state index < -0.39 is 39.7 Å². The van der Waals surface area contributed by atoms with Gasteiger partial charge >= 0.3 is 12.1 Å². The minimum Gasteiger partial charge on any atom is -0.480 e. The zero-order chi connectivity index (χ0) is 16.2. The number of rotatable bonds is 5. The lowest BCUT2D eigenvalue weighted by Gasteiger charge is -2.16. The summed E-state index contributed by atoms with van der Waals surface area (Å²) in [4.78, 5) is 21.3. The van der Waals surface area contributed by atoms with E-state index in [9.17, 15) is 23.2 Å². The molecule has 1 amide bonds. The van der Waals surface area contributed by atoms with Crippen LogP contribution in [0.4, 0.5) is 10.5 Å². The first-order valence-electron chi connectivity index (χ1n) is 5.34. The summed E-state index contributed by atoms with van der Waals surface area (Å²) in [5.74, 6) is -1.40. The van der Waals surface area contributed by atoms with Crippen LogP contribution >= 0.6 is 0 Å². The highest BCUT2D eigenvalue weighted by Gasteiger charge is 2.20. The molecular formula is C10H12N2O8S. The summed E-state index contributed by atoms with van der Waals surface area (Å²) in [5, 5.41) is 18.0. The lowest BCUT2D eigenvalue weighted by molar-refractivity contribution is -0.139. The molecule has 0 saturated carbocycles. The Morgan fingerprint density at radius 1 is 1.38 bits per heavy atom. The zero-order valence-electron chi connectivity index (χ0n) is 10.4. The highest BCUT2D eigenvalue weighted by Crippen LogP contribution is 2.18. The Morgan fingerprint density at radius 3 is 2.52 bits per heavy atom. The molecule has 0 fully saturated rings. The zero-order valence-corrected chi connectivity index (χ0v) is 11.2. The first-order chi connectivity index (χ1) is 9.62. The number of ether oxygens (including phenoxy) is 1. The summed E-state index contributed by atoms with van der Waals surface area (Å²) in [7, 11) is -4.51. The van der Waals surface area contributed by atoms with Crippen molar-refractivity contribution in [2.45, 2.75) is 10.9 Å². The van der Waals surface area contributed by atoms with Crippen LogP contribution in [0.15, 0.2) is 29.2 Å². The fraction of sp³-hybridized carbons (Fsp3) is 0.200. The predicted molar refractivity (Wildman–Crippen MR) is 67.5 cm³/mol. The molecule has 1 aromatic rings. The molecule has 0 aromatic heterocycles. The van der Waals surface area contributed by atoms with Crippen LogP contribution in [-0.4, -0.2) is 48.0 Å². The average Bonchev–Trinajstić information content (AvgIpc) is 2.42. The van der Waals surface area contributed by atoms with E-state index in [2.05, 4.69) is 4.74 Å². The second-order valence-corrected chi connectivity index (χ2v) is 5.23. The lowest BCUT2D eigenvalue weighted by atomic mass is 10.3. The molecule has 1 rings (SSSR count). The van der Waals surface area contributed by atoms with Gasteiger partial charge in [0, 0.05) is 0 Å². The van der Waals surface area contributed by atoms with Crippen LogP contribution in [0.2, 0.25) is 0 Å². The quantitative estimate of drug-likeness (QED) is 0.322. The summed E-state index contributed by atoms with van der Waals surface area (Å²) in [6.07, 6.45) is -1.36. The molecule has 0 bridgehead atoms. The number of hydrogen-bond acceptors (Lipinski definition) is 7. The van der Waals surface area contributed by atoms with Gasteiger partial charge in [0.2, 0.25) is 0 Å². The first kappa shape index (κ1) is 16.8. The standard InChI is InChI=1S/C10H12N2O8S/c11-8(9(13)14)5-20-10(15)12(16)6-2-1-3-7(4-6)21(17,18)19/h1-4,8,16H,5,11H2,(H,13,14)(H,17,18,19). The van der Waals surface area contributed by atoms with Crippen molar-refractivity contribution >= 4 is 27.9 Å². The fourth-order valence-corrected chi connectivity index (χ4v) is 1.69. The molecule has 0 radical (unpaired) electrons. The largest absolute Gasteiger partial charge is 0.480 e. The van der Waals surface area contributed by atoms with Gasteiger partial charge in [0.05, 0.1) is 10.6 Å². The van der Waals surface area contributed by atoms with Crippen molar-refractivity contribution in [3.05, 3.63) is 24.3 Å². The Hall–Kier alpha value is -2.21. The second-order valence-electron chi connectivity index (χ2n) is 3.81. The summed E-state index contributed by atoms with van der Waals surface area (Å²) < 4.78 is 35.1. The number of carboxylic acid groups (broad SMARTS) is 1. The third kappa shape index (κ3) is 4.68. The third-order valence-corrected chi connectivity index (χ3v) is 3.09. The Kier molecular flexibility index (Phi) is 5.21. The van der Waals surface area contributed by atoms with E-state index >= 15 is 0 Å². The van der Waals surface area contributed by atoms with Crippen LogP contribution in [0.5, 0.6) is 0 Å². The number of anilines is 1. The summed E-state index contributed by atoms with van der Waals surface area (Å²) >= 11 is 0. The number of nitrogens with zero attached hydrogens (tertiary/aromatic N) is 1. The Bertz CT molecular complexity index is 644. The van der Waals surface area contributed by atoms with E-state index in [0.717, 1.165) is 24.3 Å². The summed E-state index contributed by atoms with van der Waals surface area (Å²) in [6.45, 7) is -0.691. The number of carboxylic acids is 1. The number of hydrogen-bond donors (Lipinski definition) is 4. The highest BCUT2D eigenvalue weighted by atomic mass is 32.2. The molecule has 0 aliphatic carbocycles. The Morgan fingerprint density at radius 2 is 2.00 bits per heavy atom. The summed E-state index contributed by atoms with van der Waals surface area (Å²) in [6, 6.07) is 2.71. The molecular weight excluding hydrogens is 308 g/mol. The molecule has 1 aromatic carbocycles. The van der Waals surface area contributed by atoms with Gasteiger partial charge in [-0.3, -0.25) is 14.6 Å².